The number of fused-ring (bicyclic) bond motifs is 1. The van der Waals surface area contributed by atoms with Crippen molar-refractivity contribution in [2.45, 2.75) is 26.4 Å². The Morgan fingerprint density at radius 1 is 1.12 bits per heavy atom. The molecule has 0 bridgehead atoms. The summed E-state index contributed by atoms with van der Waals surface area (Å²) in [6, 6.07) is 16.6. The van der Waals surface area contributed by atoms with E-state index in [1.807, 2.05) is 32.0 Å². The lowest BCUT2D eigenvalue weighted by molar-refractivity contribution is 0.0351. The van der Waals surface area contributed by atoms with Crippen LogP contribution in [0.15, 0.2) is 54.1 Å². The number of hydrogen-bond donors (Lipinski definition) is 0. The Morgan fingerprint density at radius 2 is 1.83 bits per heavy atom. The van der Waals surface area contributed by atoms with Crippen LogP contribution in [0.25, 0.3) is 18.2 Å². The van der Waals surface area contributed by atoms with Crippen molar-refractivity contribution in [3.63, 3.8) is 0 Å². The van der Waals surface area contributed by atoms with E-state index in [9.17, 15) is 0 Å². The maximum absolute atomic E-state index is 6.20. The highest BCUT2D eigenvalue weighted by Gasteiger charge is 2.42. The SMILES string of the molecule is C=c1cccc/c1=C/C1=C(C)C(C#CC)(OCC)c2ccccc21. The number of allylic oxidation sites excluding steroid dienone is 1. The van der Waals surface area contributed by atoms with Gasteiger partial charge in [0.1, 0.15) is 0 Å². The summed E-state index contributed by atoms with van der Waals surface area (Å²) in [7, 11) is 0. The first-order chi connectivity index (χ1) is 11.6. The zero-order chi connectivity index (χ0) is 17.2. The predicted octanol–water partition coefficient (Wildman–Crippen LogP) is 3.62. The Kier molecular flexibility index (Phi) is 4.42. The van der Waals surface area contributed by atoms with Crippen molar-refractivity contribution in [3.05, 3.63) is 75.7 Å². The highest BCUT2D eigenvalue weighted by molar-refractivity contribution is 5.96. The Balaban J connectivity index is 2.34. The van der Waals surface area contributed by atoms with Crippen molar-refractivity contribution in [1.29, 1.82) is 0 Å². The van der Waals surface area contributed by atoms with Crippen LogP contribution in [0.1, 0.15) is 31.9 Å². The molecule has 1 aliphatic rings. The van der Waals surface area contributed by atoms with Gasteiger partial charge in [-0.3, -0.25) is 0 Å². The molecule has 1 heteroatoms. The fourth-order valence-corrected chi connectivity index (χ4v) is 3.41. The number of rotatable bonds is 3. The van der Waals surface area contributed by atoms with Gasteiger partial charge in [-0.1, -0.05) is 61.0 Å². The van der Waals surface area contributed by atoms with E-state index >= 15 is 0 Å². The Labute approximate surface area is 144 Å². The smallest absolute Gasteiger partial charge is 0.176 e. The summed E-state index contributed by atoms with van der Waals surface area (Å²) in [5.41, 5.74) is 3.99. The second-order valence-corrected chi connectivity index (χ2v) is 5.92. The van der Waals surface area contributed by atoms with Crippen LogP contribution in [-0.4, -0.2) is 6.61 Å². The third kappa shape index (κ3) is 2.50. The number of benzene rings is 2. The molecule has 0 saturated carbocycles. The molecule has 0 spiro atoms. The van der Waals surface area contributed by atoms with Crippen LogP contribution in [0.3, 0.4) is 0 Å². The van der Waals surface area contributed by atoms with Crippen molar-refractivity contribution in [2.24, 2.45) is 0 Å². The normalized spacial score (nSPS) is 19.9. The molecule has 0 aliphatic heterocycles. The maximum atomic E-state index is 6.20. The second kappa shape index (κ2) is 6.51. The molecule has 0 aromatic heterocycles. The van der Waals surface area contributed by atoms with E-state index in [0.717, 1.165) is 21.6 Å². The van der Waals surface area contributed by atoms with Crippen molar-refractivity contribution >= 4 is 18.2 Å². The summed E-state index contributed by atoms with van der Waals surface area (Å²) < 4.78 is 6.20. The lowest BCUT2D eigenvalue weighted by atomic mass is 9.91. The lowest BCUT2D eigenvalue weighted by Crippen LogP contribution is -2.27. The van der Waals surface area contributed by atoms with Crippen LogP contribution in [0.4, 0.5) is 0 Å². The first-order valence-corrected chi connectivity index (χ1v) is 8.29. The van der Waals surface area contributed by atoms with Crippen molar-refractivity contribution in [2.75, 3.05) is 6.61 Å². The summed E-state index contributed by atoms with van der Waals surface area (Å²) in [5.74, 6) is 6.40. The maximum Gasteiger partial charge on any atom is 0.176 e. The van der Waals surface area contributed by atoms with E-state index in [1.54, 1.807) is 0 Å². The zero-order valence-corrected chi connectivity index (χ0v) is 14.5. The second-order valence-electron chi connectivity index (χ2n) is 5.92. The first-order valence-electron chi connectivity index (χ1n) is 8.29. The zero-order valence-electron chi connectivity index (χ0n) is 14.5. The van der Waals surface area contributed by atoms with Crippen LogP contribution in [0.2, 0.25) is 0 Å². The molecule has 1 atom stereocenters. The van der Waals surface area contributed by atoms with E-state index < -0.39 is 5.60 Å². The summed E-state index contributed by atoms with van der Waals surface area (Å²) in [6.07, 6.45) is 2.20. The Morgan fingerprint density at radius 3 is 2.54 bits per heavy atom. The largest absolute Gasteiger partial charge is 0.354 e. The van der Waals surface area contributed by atoms with Crippen molar-refractivity contribution in [1.82, 2.24) is 0 Å². The van der Waals surface area contributed by atoms with Crippen molar-refractivity contribution < 1.29 is 4.74 Å². The lowest BCUT2D eigenvalue weighted by Gasteiger charge is -2.26. The molecule has 1 aliphatic carbocycles. The summed E-state index contributed by atoms with van der Waals surface area (Å²) in [5, 5.41) is 2.14. The van der Waals surface area contributed by atoms with Gasteiger partial charge in [0.2, 0.25) is 0 Å². The molecule has 0 amide bonds. The Bertz CT molecular complexity index is 969. The fraction of sp³-hybridized carbons (Fsp3) is 0.217. The van der Waals surface area contributed by atoms with Gasteiger partial charge in [0.05, 0.1) is 0 Å². The van der Waals surface area contributed by atoms with E-state index in [2.05, 4.69) is 61.8 Å². The molecule has 0 saturated heterocycles. The van der Waals surface area contributed by atoms with Crippen LogP contribution in [0, 0.1) is 11.8 Å². The highest BCUT2D eigenvalue weighted by atomic mass is 16.5. The van der Waals surface area contributed by atoms with E-state index in [1.165, 1.54) is 11.1 Å². The predicted molar refractivity (Wildman–Crippen MR) is 101 cm³/mol. The number of hydrogen-bond acceptors (Lipinski definition) is 1. The van der Waals surface area contributed by atoms with E-state index in [4.69, 9.17) is 4.74 Å². The molecule has 2 aromatic carbocycles. The average Bonchev–Trinajstić information content (AvgIpc) is 2.81. The van der Waals surface area contributed by atoms with Gasteiger partial charge in [-0.05, 0) is 54.0 Å². The van der Waals surface area contributed by atoms with Crippen LogP contribution in [-0.2, 0) is 10.3 Å². The minimum atomic E-state index is -0.651. The van der Waals surface area contributed by atoms with Crippen molar-refractivity contribution in [3.8, 4) is 11.8 Å². The third-order valence-electron chi connectivity index (χ3n) is 4.55. The molecule has 0 heterocycles. The van der Waals surface area contributed by atoms with Crippen LogP contribution in [0.5, 0.6) is 0 Å². The van der Waals surface area contributed by atoms with E-state index in [-0.39, 0.29) is 0 Å². The summed E-state index contributed by atoms with van der Waals surface area (Å²) >= 11 is 0. The molecule has 2 aromatic rings. The standard InChI is InChI=1S/C23H22O/c1-5-15-23(24-6-2)18(4)21(20-13-9-10-14-22(20)23)16-19-12-8-7-11-17(19)3/h7-14,16H,3,6H2,1-2,4H3/b19-16-. The Hall–Kier alpha value is -2.56. The quantitative estimate of drug-likeness (QED) is 0.786. The van der Waals surface area contributed by atoms with Gasteiger partial charge in [-0.15, -0.1) is 5.92 Å². The highest BCUT2D eigenvalue weighted by Crippen LogP contribution is 2.47. The monoisotopic (exact) mass is 314 g/mol. The molecule has 0 radical (unpaired) electrons. The average molecular weight is 314 g/mol. The third-order valence-corrected chi connectivity index (χ3v) is 4.55. The molecule has 0 N–H and O–H groups in total. The van der Waals surface area contributed by atoms with Gasteiger partial charge in [0.15, 0.2) is 5.60 Å². The molecular weight excluding hydrogens is 292 g/mol. The summed E-state index contributed by atoms with van der Waals surface area (Å²) in [4.78, 5) is 0. The van der Waals surface area contributed by atoms with Crippen LogP contribution >= 0.6 is 0 Å². The van der Waals surface area contributed by atoms with Gasteiger partial charge in [0.25, 0.3) is 0 Å². The topological polar surface area (TPSA) is 9.23 Å². The fourth-order valence-electron chi connectivity index (χ4n) is 3.41. The molecular formula is C23H22O. The number of ether oxygens (including phenoxy) is 1. The van der Waals surface area contributed by atoms with Gasteiger partial charge in [0, 0.05) is 12.2 Å². The molecule has 0 fully saturated rings. The van der Waals surface area contributed by atoms with Crippen LogP contribution < -0.4 is 10.4 Å². The molecule has 1 unspecified atom stereocenters. The summed E-state index contributed by atoms with van der Waals surface area (Å²) in [6.45, 7) is 10.8. The van der Waals surface area contributed by atoms with E-state index in [0.29, 0.717) is 6.61 Å². The van der Waals surface area contributed by atoms with Gasteiger partial charge < -0.3 is 4.74 Å². The minimum Gasteiger partial charge on any atom is -0.354 e. The molecule has 3 rings (SSSR count). The van der Waals surface area contributed by atoms with Gasteiger partial charge in [-0.2, -0.15) is 0 Å². The minimum absolute atomic E-state index is 0.611. The molecule has 1 nitrogen and oxygen atoms in total. The van der Waals surface area contributed by atoms with Gasteiger partial charge >= 0.3 is 0 Å². The first kappa shape index (κ1) is 16.3. The van der Waals surface area contributed by atoms with Gasteiger partial charge in [-0.25, -0.2) is 0 Å². The molecule has 120 valence electrons. The molecule has 24 heavy (non-hydrogen) atoms.